The van der Waals surface area contributed by atoms with Crippen LogP contribution >= 0.6 is 27.7 Å². The van der Waals surface area contributed by atoms with Crippen LogP contribution in [0, 0.1) is 5.82 Å². The minimum Gasteiger partial charge on any atom is -0.350 e. The summed E-state index contributed by atoms with van der Waals surface area (Å²) in [6, 6.07) is 26.7. The van der Waals surface area contributed by atoms with Crippen molar-refractivity contribution in [2.45, 2.75) is 9.79 Å². The van der Waals surface area contributed by atoms with Crippen LogP contribution in [0.2, 0.25) is 0 Å². The molecule has 0 saturated heterocycles. The summed E-state index contributed by atoms with van der Waals surface area (Å²) in [7, 11) is -3.98. The number of hydrogen-bond acceptors (Lipinski definition) is 6. The van der Waals surface area contributed by atoms with Gasteiger partial charge in [0, 0.05) is 20.7 Å². The molecule has 11 heteroatoms. The van der Waals surface area contributed by atoms with Crippen LogP contribution in [0.1, 0.15) is 0 Å². The number of rotatable bonds is 8. The standard InChI is InChI=1S/C28H19BrFN3O4S2/c29-18-9-13-20(14-10-18)31-25-26(28(35)33(27(25)34)22-6-2-1-3-7-22)38-23-8-4-5-21(17-23)32-39(36,37)24-15-11-19(30)12-16-24/h1-17,31-32H. The molecule has 1 aliphatic rings. The van der Waals surface area contributed by atoms with Crippen LogP contribution < -0.4 is 14.9 Å². The third-order valence-electron chi connectivity index (χ3n) is 5.60. The van der Waals surface area contributed by atoms with E-state index < -0.39 is 27.7 Å². The summed E-state index contributed by atoms with van der Waals surface area (Å²) < 4.78 is 42.1. The number of nitrogens with zero attached hydrogens (tertiary/aromatic N) is 1. The number of carbonyl (C=O) groups excluding carboxylic acids is 2. The van der Waals surface area contributed by atoms with Gasteiger partial charge in [0.25, 0.3) is 21.8 Å². The van der Waals surface area contributed by atoms with E-state index >= 15 is 0 Å². The molecule has 196 valence electrons. The Bertz CT molecular complexity index is 1700. The quantitative estimate of drug-likeness (QED) is 0.221. The summed E-state index contributed by atoms with van der Waals surface area (Å²) in [5.41, 5.74) is 1.39. The molecule has 1 aliphatic heterocycles. The average Bonchev–Trinajstić information content (AvgIpc) is 3.14. The smallest absolute Gasteiger partial charge is 0.283 e. The van der Waals surface area contributed by atoms with E-state index in [2.05, 4.69) is 26.0 Å². The molecule has 2 amide bonds. The lowest BCUT2D eigenvalue weighted by Crippen LogP contribution is -2.32. The Kier molecular flexibility index (Phi) is 7.56. The zero-order valence-corrected chi connectivity index (χ0v) is 23.2. The monoisotopic (exact) mass is 623 g/mol. The van der Waals surface area contributed by atoms with Gasteiger partial charge in [0.05, 0.1) is 10.6 Å². The number of imide groups is 1. The number of nitrogens with one attached hydrogen (secondary N) is 2. The van der Waals surface area contributed by atoms with Gasteiger partial charge in [0.2, 0.25) is 0 Å². The number of carbonyl (C=O) groups is 2. The van der Waals surface area contributed by atoms with E-state index in [-0.39, 0.29) is 21.2 Å². The van der Waals surface area contributed by atoms with E-state index in [1.165, 1.54) is 12.1 Å². The van der Waals surface area contributed by atoms with Crippen molar-refractivity contribution in [1.29, 1.82) is 0 Å². The SMILES string of the molecule is O=C1C(Nc2ccc(Br)cc2)=C(Sc2cccc(NS(=O)(=O)c3ccc(F)cc3)c2)C(=O)N1c1ccccc1. The van der Waals surface area contributed by atoms with E-state index in [4.69, 9.17) is 0 Å². The largest absolute Gasteiger partial charge is 0.350 e. The van der Waals surface area contributed by atoms with E-state index in [1.54, 1.807) is 66.7 Å². The highest BCUT2D eigenvalue weighted by Gasteiger charge is 2.40. The number of thioether (sulfide) groups is 1. The molecule has 5 rings (SSSR count). The molecule has 0 bridgehead atoms. The Hall–Kier alpha value is -3.93. The lowest BCUT2D eigenvalue weighted by Gasteiger charge is -2.15. The zero-order valence-electron chi connectivity index (χ0n) is 20.0. The van der Waals surface area contributed by atoms with Crippen molar-refractivity contribution in [3.8, 4) is 0 Å². The lowest BCUT2D eigenvalue weighted by atomic mass is 10.3. The molecule has 0 aliphatic carbocycles. The Morgan fingerprint density at radius 3 is 2.15 bits per heavy atom. The van der Waals surface area contributed by atoms with Crippen LogP contribution in [0.25, 0.3) is 0 Å². The third-order valence-corrected chi connectivity index (χ3v) is 8.60. The molecule has 2 N–H and O–H groups in total. The van der Waals surface area contributed by atoms with E-state index in [1.807, 2.05) is 12.1 Å². The molecule has 0 radical (unpaired) electrons. The molecule has 0 spiro atoms. The maximum Gasteiger partial charge on any atom is 0.283 e. The molecule has 0 unspecified atom stereocenters. The second-order valence-electron chi connectivity index (χ2n) is 8.31. The fraction of sp³-hybridized carbons (Fsp3) is 0. The summed E-state index contributed by atoms with van der Waals surface area (Å²) in [5.74, 6) is -1.56. The topological polar surface area (TPSA) is 95.6 Å². The summed E-state index contributed by atoms with van der Waals surface area (Å²) in [6.45, 7) is 0. The lowest BCUT2D eigenvalue weighted by molar-refractivity contribution is -0.120. The third kappa shape index (κ3) is 5.90. The highest BCUT2D eigenvalue weighted by molar-refractivity contribution is 9.10. The van der Waals surface area contributed by atoms with Gasteiger partial charge in [0.1, 0.15) is 16.4 Å². The minimum absolute atomic E-state index is 0.0966. The minimum atomic E-state index is -3.98. The fourth-order valence-electron chi connectivity index (χ4n) is 3.77. The summed E-state index contributed by atoms with van der Waals surface area (Å²) >= 11 is 4.42. The Labute approximate surface area is 236 Å². The zero-order chi connectivity index (χ0) is 27.6. The van der Waals surface area contributed by atoms with Crippen molar-refractivity contribution in [2.24, 2.45) is 0 Å². The molecule has 0 saturated carbocycles. The van der Waals surface area contributed by atoms with Gasteiger partial charge in [-0.15, -0.1) is 0 Å². The number of benzene rings is 4. The van der Waals surface area contributed by atoms with Gasteiger partial charge in [-0.1, -0.05) is 52.0 Å². The molecule has 4 aromatic rings. The first-order chi connectivity index (χ1) is 18.7. The molecule has 1 heterocycles. The van der Waals surface area contributed by atoms with Gasteiger partial charge in [-0.3, -0.25) is 14.3 Å². The Morgan fingerprint density at radius 1 is 0.769 bits per heavy atom. The number of halogens is 2. The number of para-hydroxylation sites is 1. The molecular formula is C28H19BrFN3O4S2. The predicted molar refractivity (Wildman–Crippen MR) is 153 cm³/mol. The van der Waals surface area contributed by atoms with Gasteiger partial charge in [-0.05, 0) is 78.9 Å². The van der Waals surface area contributed by atoms with Gasteiger partial charge >= 0.3 is 0 Å². The maximum atomic E-state index is 13.5. The van der Waals surface area contributed by atoms with E-state index in [9.17, 15) is 22.4 Å². The number of amides is 2. The fourth-order valence-corrected chi connectivity index (χ4v) is 6.07. The van der Waals surface area contributed by atoms with Crippen LogP contribution in [-0.4, -0.2) is 20.2 Å². The Morgan fingerprint density at radius 2 is 1.46 bits per heavy atom. The van der Waals surface area contributed by atoms with Gasteiger partial charge in [-0.25, -0.2) is 17.7 Å². The molecule has 0 atom stereocenters. The van der Waals surface area contributed by atoms with E-state index in [0.29, 0.717) is 16.3 Å². The molecule has 4 aromatic carbocycles. The second kappa shape index (κ2) is 11.0. The van der Waals surface area contributed by atoms with E-state index in [0.717, 1.165) is 33.3 Å². The first-order valence-corrected chi connectivity index (χ1v) is 14.6. The average molecular weight is 625 g/mol. The molecular weight excluding hydrogens is 605 g/mol. The molecule has 7 nitrogen and oxygen atoms in total. The number of sulfonamides is 1. The second-order valence-corrected chi connectivity index (χ2v) is 12.0. The van der Waals surface area contributed by atoms with Crippen molar-refractivity contribution in [1.82, 2.24) is 0 Å². The predicted octanol–water partition coefficient (Wildman–Crippen LogP) is 6.38. The van der Waals surface area contributed by atoms with Crippen molar-refractivity contribution < 1.29 is 22.4 Å². The summed E-state index contributed by atoms with van der Waals surface area (Å²) in [5, 5.41) is 3.08. The maximum absolute atomic E-state index is 13.5. The summed E-state index contributed by atoms with van der Waals surface area (Å²) in [6.07, 6.45) is 0. The van der Waals surface area contributed by atoms with Crippen molar-refractivity contribution in [3.05, 3.63) is 124 Å². The van der Waals surface area contributed by atoms with Crippen LogP contribution in [0.15, 0.2) is 128 Å². The molecule has 0 aromatic heterocycles. The highest BCUT2D eigenvalue weighted by Crippen LogP contribution is 2.38. The van der Waals surface area contributed by atoms with Crippen LogP contribution in [0.4, 0.5) is 21.5 Å². The van der Waals surface area contributed by atoms with Crippen molar-refractivity contribution in [3.63, 3.8) is 0 Å². The number of hydrogen-bond donors (Lipinski definition) is 2. The normalized spacial score (nSPS) is 13.6. The summed E-state index contributed by atoms with van der Waals surface area (Å²) in [4.78, 5) is 28.7. The van der Waals surface area contributed by atoms with Crippen LogP contribution in [0.3, 0.4) is 0 Å². The van der Waals surface area contributed by atoms with Crippen molar-refractivity contribution in [2.75, 3.05) is 14.9 Å². The number of anilines is 3. The van der Waals surface area contributed by atoms with Crippen LogP contribution in [0.5, 0.6) is 0 Å². The molecule has 39 heavy (non-hydrogen) atoms. The van der Waals surface area contributed by atoms with Gasteiger partial charge < -0.3 is 5.32 Å². The Balaban J connectivity index is 1.46. The molecule has 0 fully saturated rings. The highest BCUT2D eigenvalue weighted by atomic mass is 79.9. The first-order valence-electron chi connectivity index (χ1n) is 11.5. The van der Waals surface area contributed by atoms with Crippen molar-refractivity contribution >= 4 is 66.6 Å². The first kappa shape index (κ1) is 26.7. The van der Waals surface area contributed by atoms with Gasteiger partial charge in [0.15, 0.2) is 0 Å². The van der Waals surface area contributed by atoms with Crippen LogP contribution in [-0.2, 0) is 19.6 Å². The van der Waals surface area contributed by atoms with Gasteiger partial charge in [-0.2, -0.15) is 0 Å².